The molecule has 0 amide bonds. The molecule has 1 N–H and O–H groups in total. The van der Waals surface area contributed by atoms with Crippen LogP contribution in [0.15, 0.2) is 48.5 Å². The van der Waals surface area contributed by atoms with E-state index in [1.165, 1.54) is 0 Å². The zero-order valence-electron chi connectivity index (χ0n) is 18.4. The van der Waals surface area contributed by atoms with Gasteiger partial charge in [0.15, 0.2) is 0 Å². The number of nitriles is 1. The third-order valence-electron chi connectivity index (χ3n) is 5.46. The molecule has 0 atom stereocenters. The smallest absolute Gasteiger partial charge is 0.149 e. The van der Waals surface area contributed by atoms with Gasteiger partial charge in [0.05, 0.1) is 23.7 Å². The summed E-state index contributed by atoms with van der Waals surface area (Å²) in [7, 11) is 5.69. The largest absolute Gasteiger partial charge is 0.497 e. The minimum Gasteiger partial charge on any atom is -0.497 e. The third-order valence-corrected chi connectivity index (χ3v) is 5.46. The highest BCUT2D eigenvalue weighted by atomic mass is 16.5. The standard InChI is InChI=1S/C25H25N5O/c1-16-12-18(17(2)30(16)21-8-6-20(7-9-21)29(3)4)13-19(15-26)25-27-23-11-10-22(31-5)14-24(23)28-25/h6-14H,1-5H3,(H,27,28)/b19-13-. The van der Waals surface area contributed by atoms with Crippen LogP contribution in [0.3, 0.4) is 0 Å². The molecule has 0 fully saturated rings. The molecule has 0 saturated carbocycles. The topological polar surface area (TPSA) is 69.9 Å². The Bertz CT molecular complexity index is 1320. The van der Waals surface area contributed by atoms with Gasteiger partial charge in [-0.3, -0.25) is 0 Å². The number of imidazole rings is 1. The second-order valence-electron chi connectivity index (χ2n) is 7.71. The fourth-order valence-corrected chi connectivity index (χ4v) is 3.78. The molecule has 4 aromatic rings. The normalized spacial score (nSPS) is 11.5. The van der Waals surface area contributed by atoms with Crippen molar-refractivity contribution in [3.8, 4) is 17.5 Å². The van der Waals surface area contributed by atoms with E-state index in [2.05, 4.69) is 69.7 Å². The molecule has 2 aromatic heterocycles. The number of methoxy groups -OCH3 is 1. The van der Waals surface area contributed by atoms with Crippen molar-refractivity contribution in [1.29, 1.82) is 5.26 Å². The number of allylic oxidation sites excluding steroid dienone is 1. The predicted molar refractivity (Wildman–Crippen MR) is 126 cm³/mol. The van der Waals surface area contributed by atoms with Crippen molar-refractivity contribution in [2.24, 2.45) is 0 Å². The average Bonchev–Trinajstić information content (AvgIpc) is 3.31. The van der Waals surface area contributed by atoms with Gasteiger partial charge in [-0.05, 0) is 68.0 Å². The summed E-state index contributed by atoms with van der Waals surface area (Å²) < 4.78 is 7.47. The van der Waals surface area contributed by atoms with Gasteiger partial charge in [-0.25, -0.2) is 4.98 Å². The summed E-state index contributed by atoms with van der Waals surface area (Å²) in [5, 5.41) is 9.82. The van der Waals surface area contributed by atoms with Gasteiger partial charge in [0, 0.05) is 42.9 Å². The molecule has 0 aliphatic heterocycles. The highest BCUT2D eigenvalue weighted by Gasteiger charge is 2.13. The number of aryl methyl sites for hydroxylation is 1. The molecule has 0 radical (unpaired) electrons. The summed E-state index contributed by atoms with van der Waals surface area (Å²) in [6, 6.07) is 18.4. The number of nitrogens with one attached hydrogen (secondary N) is 1. The second kappa shape index (κ2) is 8.04. The van der Waals surface area contributed by atoms with E-state index in [9.17, 15) is 5.26 Å². The first-order valence-electron chi connectivity index (χ1n) is 10.0. The van der Waals surface area contributed by atoms with Gasteiger partial charge in [0.2, 0.25) is 0 Å². The quantitative estimate of drug-likeness (QED) is 0.463. The van der Waals surface area contributed by atoms with Crippen LogP contribution >= 0.6 is 0 Å². The van der Waals surface area contributed by atoms with Crippen LogP contribution in [-0.4, -0.2) is 35.7 Å². The van der Waals surface area contributed by atoms with Crippen molar-refractivity contribution in [1.82, 2.24) is 14.5 Å². The third kappa shape index (κ3) is 3.78. The Hall–Kier alpha value is -3.98. The number of aromatic amines is 1. The monoisotopic (exact) mass is 411 g/mol. The Labute approximate surface area is 182 Å². The predicted octanol–water partition coefficient (Wildman–Crippen LogP) is 5.11. The molecule has 0 aliphatic rings. The number of ether oxygens (including phenoxy) is 1. The van der Waals surface area contributed by atoms with Crippen molar-refractivity contribution >= 4 is 28.4 Å². The molecule has 0 unspecified atom stereocenters. The van der Waals surface area contributed by atoms with Gasteiger partial charge < -0.3 is 19.2 Å². The van der Waals surface area contributed by atoms with Gasteiger partial charge >= 0.3 is 0 Å². The van der Waals surface area contributed by atoms with E-state index in [0.29, 0.717) is 11.4 Å². The maximum Gasteiger partial charge on any atom is 0.149 e. The van der Waals surface area contributed by atoms with Crippen LogP contribution < -0.4 is 9.64 Å². The lowest BCUT2D eigenvalue weighted by Crippen LogP contribution is -2.08. The lowest BCUT2D eigenvalue weighted by Gasteiger charge is -2.14. The van der Waals surface area contributed by atoms with Gasteiger partial charge in [-0.15, -0.1) is 0 Å². The van der Waals surface area contributed by atoms with Crippen LogP contribution in [0.2, 0.25) is 0 Å². The minimum atomic E-state index is 0.485. The number of nitrogens with zero attached hydrogens (tertiary/aromatic N) is 4. The molecule has 2 aromatic carbocycles. The molecule has 0 saturated heterocycles. The highest BCUT2D eigenvalue weighted by Crippen LogP contribution is 2.27. The highest BCUT2D eigenvalue weighted by molar-refractivity contribution is 5.91. The molecular formula is C25H25N5O. The first-order valence-corrected chi connectivity index (χ1v) is 10.0. The van der Waals surface area contributed by atoms with Crippen LogP contribution in [-0.2, 0) is 0 Å². The summed E-state index contributed by atoms with van der Waals surface area (Å²) in [4.78, 5) is 9.90. The Morgan fingerprint density at radius 3 is 2.52 bits per heavy atom. The Balaban J connectivity index is 1.74. The van der Waals surface area contributed by atoms with Gasteiger partial charge in [-0.1, -0.05) is 0 Å². The van der Waals surface area contributed by atoms with Crippen LogP contribution in [0.5, 0.6) is 5.75 Å². The fraction of sp³-hybridized carbons (Fsp3) is 0.200. The van der Waals surface area contributed by atoms with E-state index >= 15 is 0 Å². The summed E-state index contributed by atoms with van der Waals surface area (Å²) >= 11 is 0. The van der Waals surface area contributed by atoms with Crippen molar-refractivity contribution in [2.75, 3.05) is 26.1 Å². The number of fused-ring (bicyclic) bond motifs is 1. The van der Waals surface area contributed by atoms with Crippen LogP contribution in [0, 0.1) is 25.2 Å². The molecular weight excluding hydrogens is 386 g/mol. The van der Waals surface area contributed by atoms with E-state index in [4.69, 9.17) is 4.74 Å². The molecule has 2 heterocycles. The molecule has 6 heteroatoms. The van der Waals surface area contributed by atoms with Crippen molar-refractivity contribution < 1.29 is 4.74 Å². The Morgan fingerprint density at radius 1 is 1.13 bits per heavy atom. The summed E-state index contributed by atoms with van der Waals surface area (Å²) in [5.74, 6) is 1.29. The van der Waals surface area contributed by atoms with Crippen LogP contribution in [0.4, 0.5) is 5.69 Å². The van der Waals surface area contributed by atoms with Gasteiger partial charge in [0.25, 0.3) is 0 Å². The van der Waals surface area contributed by atoms with E-state index in [0.717, 1.165) is 45.1 Å². The fourth-order valence-electron chi connectivity index (χ4n) is 3.78. The van der Waals surface area contributed by atoms with Crippen molar-refractivity contribution in [2.45, 2.75) is 13.8 Å². The molecule has 31 heavy (non-hydrogen) atoms. The summed E-state index contributed by atoms with van der Waals surface area (Å²) in [6.07, 6.45) is 1.89. The number of aromatic nitrogens is 3. The molecule has 4 rings (SSSR count). The Kier molecular flexibility index (Phi) is 5.26. The number of anilines is 1. The van der Waals surface area contributed by atoms with E-state index in [1.807, 2.05) is 38.4 Å². The van der Waals surface area contributed by atoms with Gasteiger partial charge in [0.1, 0.15) is 17.6 Å². The number of hydrogen-bond donors (Lipinski definition) is 1. The molecule has 6 nitrogen and oxygen atoms in total. The number of benzene rings is 2. The minimum absolute atomic E-state index is 0.485. The first kappa shape index (κ1) is 20.3. The molecule has 0 spiro atoms. The molecule has 0 aliphatic carbocycles. The van der Waals surface area contributed by atoms with E-state index < -0.39 is 0 Å². The maximum absolute atomic E-state index is 9.82. The number of H-pyrrole nitrogens is 1. The lowest BCUT2D eigenvalue weighted by molar-refractivity contribution is 0.415. The van der Waals surface area contributed by atoms with Crippen LogP contribution in [0.1, 0.15) is 22.8 Å². The Morgan fingerprint density at radius 2 is 1.87 bits per heavy atom. The van der Waals surface area contributed by atoms with Crippen molar-refractivity contribution in [3.05, 3.63) is 71.3 Å². The average molecular weight is 412 g/mol. The second-order valence-corrected chi connectivity index (χ2v) is 7.71. The SMILES string of the molecule is COc1ccc2nc(/C(C#N)=C\c3cc(C)n(-c4ccc(N(C)C)cc4)c3C)[nH]c2c1. The van der Waals surface area contributed by atoms with Gasteiger partial charge in [-0.2, -0.15) is 5.26 Å². The van der Waals surface area contributed by atoms with Crippen molar-refractivity contribution in [3.63, 3.8) is 0 Å². The first-order chi connectivity index (χ1) is 14.9. The zero-order chi connectivity index (χ0) is 22.1. The zero-order valence-corrected chi connectivity index (χ0v) is 18.4. The molecule has 156 valence electrons. The number of hydrogen-bond acceptors (Lipinski definition) is 4. The van der Waals surface area contributed by atoms with E-state index in [1.54, 1.807) is 7.11 Å². The number of rotatable bonds is 5. The summed E-state index contributed by atoms with van der Waals surface area (Å²) in [5.41, 5.74) is 7.52. The lowest BCUT2D eigenvalue weighted by atomic mass is 10.1. The van der Waals surface area contributed by atoms with Crippen LogP contribution in [0.25, 0.3) is 28.4 Å². The van der Waals surface area contributed by atoms with E-state index in [-0.39, 0.29) is 0 Å². The maximum atomic E-state index is 9.82. The molecule has 0 bridgehead atoms. The summed E-state index contributed by atoms with van der Waals surface area (Å²) in [6.45, 7) is 4.14.